The molecule has 0 aromatic carbocycles. The highest BCUT2D eigenvalue weighted by molar-refractivity contribution is 7.19. The molecule has 0 saturated carbocycles. The van der Waals surface area contributed by atoms with E-state index in [0.717, 1.165) is 51.7 Å². The van der Waals surface area contributed by atoms with Gasteiger partial charge in [0, 0.05) is 19.8 Å². The summed E-state index contributed by atoms with van der Waals surface area (Å²) < 4.78 is 1.14. The molecule has 148 valence electrons. The quantitative estimate of drug-likeness (QED) is 0.537. The Morgan fingerprint density at radius 1 is 1.37 bits per heavy atom. The second kappa shape index (κ2) is 8.93. The van der Waals surface area contributed by atoms with E-state index in [1.54, 1.807) is 18.4 Å². The Balaban J connectivity index is 2.24. The summed E-state index contributed by atoms with van der Waals surface area (Å²) in [5.41, 5.74) is 3.45. The topological polar surface area (TPSA) is 70.4 Å². The van der Waals surface area contributed by atoms with Crippen molar-refractivity contribution in [3.63, 3.8) is 0 Å². The predicted octanol–water partition coefficient (Wildman–Crippen LogP) is 4.60. The summed E-state index contributed by atoms with van der Waals surface area (Å²) in [4.78, 5) is 13.7. The first-order valence-corrected chi connectivity index (χ1v) is 10.3. The van der Waals surface area contributed by atoms with E-state index in [0.29, 0.717) is 0 Å². The fourth-order valence-electron chi connectivity index (χ4n) is 3.34. The Morgan fingerprint density at radius 3 is 2.59 bits per heavy atom. The molecule has 2 heterocycles. The molecule has 0 radical (unpaired) electrons. The molecule has 0 aliphatic carbocycles. The summed E-state index contributed by atoms with van der Waals surface area (Å²) in [5.74, 6) is 1.10. The summed E-state index contributed by atoms with van der Waals surface area (Å²) in [6, 6.07) is 2.01. The summed E-state index contributed by atoms with van der Waals surface area (Å²) in [6.07, 6.45) is 3.66. The van der Waals surface area contributed by atoms with E-state index in [2.05, 4.69) is 36.1 Å². The van der Waals surface area contributed by atoms with E-state index < -0.39 is 5.60 Å². The van der Waals surface area contributed by atoms with Crippen LogP contribution in [0.2, 0.25) is 0 Å². The van der Waals surface area contributed by atoms with Crippen molar-refractivity contribution < 1.29 is 5.11 Å². The van der Waals surface area contributed by atoms with Gasteiger partial charge in [0.05, 0.1) is 21.6 Å². The molecule has 1 unspecified atom stereocenters. The number of hydrogen-bond donors (Lipinski definition) is 2. The van der Waals surface area contributed by atoms with E-state index in [9.17, 15) is 5.11 Å². The number of aliphatic hydroxyl groups is 1. The summed E-state index contributed by atoms with van der Waals surface area (Å²) >= 11 is 1.67. The molecular formula is C21H32N4OS. The van der Waals surface area contributed by atoms with Gasteiger partial charge in [0.1, 0.15) is 16.4 Å². The number of fused-ring (bicyclic) bond motifs is 1. The second-order valence-electron chi connectivity index (χ2n) is 7.68. The second-order valence-corrected chi connectivity index (χ2v) is 8.71. The maximum Gasteiger partial charge on any atom is 0.130 e. The number of rotatable bonds is 7. The first-order chi connectivity index (χ1) is 12.7. The molecule has 0 spiro atoms. The number of nitrogens with one attached hydrogen (secondary N) is 1. The minimum Gasteiger partial charge on any atom is -0.390 e. The molecule has 0 amide bonds. The van der Waals surface area contributed by atoms with Crippen LogP contribution in [-0.4, -0.2) is 40.1 Å². The molecule has 2 aromatic rings. The monoisotopic (exact) mass is 388 g/mol. The van der Waals surface area contributed by atoms with Crippen molar-refractivity contribution in [3.05, 3.63) is 28.5 Å². The van der Waals surface area contributed by atoms with Crippen molar-refractivity contribution in [3.8, 4) is 0 Å². The zero-order chi connectivity index (χ0) is 20.2. The molecular weight excluding hydrogens is 356 g/mol. The van der Waals surface area contributed by atoms with Crippen LogP contribution < -0.4 is 5.32 Å². The molecule has 0 aliphatic rings. The first-order valence-electron chi connectivity index (χ1n) is 9.52. The highest BCUT2D eigenvalue weighted by atomic mass is 32.1. The maximum absolute atomic E-state index is 10.3. The average Bonchev–Trinajstić information content (AvgIpc) is 3.00. The number of allylic oxidation sites excluding steroid dienone is 1. The lowest BCUT2D eigenvalue weighted by Crippen LogP contribution is -2.34. The first kappa shape index (κ1) is 21.5. The van der Waals surface area contributed by atoms with Gasteiger partial charge in [-0.05, 0) is 53.0 Å². The van der Waals surface area contributed by atoms with Crippen molar-refractivity contribution in [2.75, 3.05) is 13.6 Å². The van der Waals surface area contributed by atoms with Crippen molar-refractivity contribution in [1.82, 2.24) is 15.3 Å². The number of thiazole rings is 1. The molecule has 27 heavy (non-hydrogen) atoms. The zero-order valence-corrected chi connectivity index (χ0v) is 18.4. The van der Waals surface area contributed by atoms with Gasteiger partial charge in [0.2, 0.25) is 0 Å². The summed E-state index contributed by atoms with van der Waals surface area (Å²) in [7, 11) is 1.80. The SMILES string of the molecule is CCC(CCNC(=NC)C(=C(C)C)c1nc2c(C)nccc2s1)C(C)(C)O. The van der Waals surface area contributed by atoms with Crippen molar-refractivity contribution in [2.45, 2.75) is 60.0 Å². The highest BCUT2D eigenvalue weighted by Crippen LogP contribution is 2.30. The molecule has 1 atom stereocenters. The normalized spacial score (nSPS) is 13.7. The zero-order valence-electron chi connectivity index (χ0n) is 17.6. The van der Waals surface area contributed by atoms with Crippen molar-refractivity contribution >= 4 is 33.0 Å². The molecule has 6 heteroatoms. The van der Waals surface area contributed by atoms with E-state index in [1.165, 1.54) is 5.57 Å². The number of aryl methyl sites for hydroxylation is 1. The van der Waals surface area contributed by atoms with Crippen LogP contribution in [0.15, 0.2) is 22.8 Å². The van der Waals surface area contributed by atoms with Gasteiger partial charge >= 0.3 is 0 Å². The van der Waals surface area contributed by atoms with Gasteiger partial charge in [-0.25, -0.2) is 4.98 Å². The van der Waals surface area contributed by atoms with Gasteiger partial charge in [-0.3, -0.25) is 9.98 Å². The number of amidine groups is 1. The maximum atomic E-state index is 10.3. The third-order valence-corrected chi connectivity index (χ3v) is 5.98. The van der Waals surface area contributed by atoms with E-state index in [-0.39, 0.29) is 5.92 Å². The smallest absolute Gasteiger partial charge is 0.130 e. The highest BCUT2D eigenvalue weighted by Gasteiger charge is 2.25. The molecule has 2 rings (SSSR count). The van der Waals surface area contributed by atoms with Gasteiger partial charge in [-0.1, -0.05) is 18.9 Å². The Morgan fingerprint density at radius 2 is 2.07 bits per heavy atom. The fourth-order valence-corrected chi connectivity index (χ4v) is 4.51. The fraction of sp³-hybridized carbons (Fsp3) is 0.571. The number of aromatic nitrogens is 2. The number of pyridine rings is 1. The van der Waals surface area contributed by atoms with Crippen LogP contribution in [0.5, 0.6) is 0 Å². The lowest BCUT2D eigenvalue weighted by molar-refractivity contribution is 0.0121. The summed E-state index contributed by atoms with van der Waals surface area (Å²) in [6.45, 7) is 12.8. The van der Waals surface area contributed by atoms with Crippen LogP contribution in [0.25, 0.3) is 15.8 Å². The lowest BCUT2D eigenvalue weighted by Gasteiger charge is -2.28. The Bertz CT molecular complexity index is 841. The average molecular weight is 389 g/mol. The lowest BCUT2D eigenvalue weighted by atomic mass is 9.86. The summed E-state index contributed by atoms with van der Waals surface area (Å²) in [5, 5.41) is 14.7. The minimum atomic E-state index is -0.670. The van der Waals surface area contributed by atoms with E-state index in [4.69, 9.17) is 4.98 Å². The third-order valence-electron chi connectivity index (χ3n) is 4.94. The van der Waals surface area contributed by atoms with Crippen LogP contribution >= 0.6 is 11.3 Å². The van der Waals surface area contributed by atoms with E-state index >= 15 is 0 Å². The van der Waals surface area contributed by atoms with E-state index in [1.807, 2.05) is 33.0 Å². The molecule has 2 aromatic heterocycles. The molecule has 0 aliphatic heterocycles. The Labute approximate surface area is 166 Å². The molecule has 0 bridgehead atoms. The largest absolute Gasteiger partial charge is 0.390 e. The minimum absolute atomic E-state index is 0.245. The standard InChI is InChI=1S/C21H32N4OS/c1-8-15(21(5,6)26)9-11-24-19(22-7)17(13(2)3)20-25-18-14(4)23-12-10-16(18)27-20/h10,12,15,26H,8-9,11H2,1-7H3,(H,22,24). The molecule has 0 saturated heterocycles. The van der Waals surface area contributed by atoms with Gasteiger partial charge in [-0.15, -0.1) is 11.3 Å². The van der Waals surface area contributed by atoms with Gasteiger partial charge in [0.25, 0.3) is 0 Å². The molecule has 0 fully saturated rings. The third kappa shape index (κ3) is 5.14. The van der Waals surface area contributed by atoms with Crippen LogP contribution in [0, 0.1) is 12.8 Å². The number of aliphatic imine (C=N–C) groups is 1. The number of nitrogens with zero attached hydrogens (tertiary/aromatic N) is 3. The van der Waals surface area contributed by atoms with Gasteiger partial charge in [-0.2, -0.15) is 0 Å². The van der Waals surface area contributed by atoms with Crippen LogP contribution in [-0.2, 0) is 0 Å². The van der Waals surface area contributed by atoms with Crippen LogP contribution in [0.3, 0.4) is 0 Å². The molecule has 2 N–H and O–H groups in total. The molecule has 5 nitrogen and oxygen atoms in total. The van der Waals surface area contributed by atoms with Gasteiger partial charge in [0.15, 0.2) is 0 Å². The van der Waals surface area contributed by atoms with Crippen molar-refractivity contribution in [2.24, 2.45) is 10.9 Å². The Hall–Kier alpha value is -1.79. The van der Waals surface area contributed by atoms with Gasteiger partial charge < -0.3 is 10.4 Å². The van der Waals surface area contributed by atoms with Crippen molar-refractivity contribution in [1.29, 1.82) is 0 Å². The number of hydrogen-bond acceptors (Lipinski definition) is 5. The predicted molar refractivity (Wildman–Crippen MR) is 116 cm³/mol. The van der Waals surface area contributed by atoms with Crippen LogP contribution in [0.1, 0.15) is 58.2 Å². The Kier molecular flexibility index (Phi) is 7.12. The van der Waals surface area contributed by atoms with Crippen LogP contribution in [0.4, 0.5) is 0 Å².